The maximum absolute atomic E-state index is 11.5. The molecule has 0 spiro atoms. The highest BCUT2D eigenvalue weighted by atomic mass is 16.2. The highest BCUT2D eigenvalue weighted by molar-refractivity contribution is 5.60. The highest BCUT2D eigenvalue weighted by Crippen LogP contribution is 2.16. The number of aliphatic imine (C=N–C) groups is 1. The van der Waals surface area contributed by atoms with Crippen LogP contribution in [0.4, 0.5) is 23.4 Å². The molecule has 0 atom stereocenters. The van der Waals surface area contributed by atoms with Crippen molar-refractivity contribution < 1.29 is 0 Å². The van der Waals surface area contributed by atoms with E-state index in [1.54, 1.807) is 79.4 Å². The smallest absolute Gasteiger partial charge is 0.365 e. The first-order chi connectivity index (χ1) is 29.4. The van der Waals surface area contributed by atoms with Crippen molar-refractivity contribution in [2.45, 2.75) is 69.2 Å². The number of pyridine rings is 1. The lowest BCUT2D eigenvalue weighted by Gasteiger charge is -2.16. The fourth-order valence-electron chi connectivity index (χ4n) is 5.44. The van der Waals surface area contributed by atoms with Gasteiger partial charge in [-0.25, -0.2) is 28.9 Å². The third-order valence-corrected chi connectivity index (χ3v) is 10.5. The Morgan fingerprint density at radius 1 is 0.453 bits per heavy atom. The summed E-state index contributed by atoms with van der Waals surface area (Å²) in [7, 11) is 23.3. The van der Waals surface area contributed by atoms with Crippen LogP contribution in [0.3, 0.4) is 0 Å². The maximum Gasteiger partial charge on any atom is 0.365 e. The monoisotopic (exact) mass is 891 g/mol. The molecule has 0 aliphatic heterocycles. The van der Waals surface area contributed by atoms with Gasteiger partial charge in [0.2, 0.25) is 5.95 Å². The summed E-state index contributed by atoms with van der Waals surface area (Å²) in [5, 5.41) is 3.99. The maximum atomic E-state index is 11.5. The number of nitrogens with zero attached hydrogens (tertiary/aromatic N) is 16. The molecule has 5 rings (SSSR count). The van der Waals surface area contributed by atoms with Gasteiger partial charge in [0.25, 0.3) is 5.56 Å². The zero-order chi connectivity index (χ0) is 49.8. The molecule has 0 bridgehead atoms. The summed E-state index contributed by atoms with van der Waals surface area (Å²) in [5.41, 5.74) is 7.88. The summed E-state index contributed by atoms with van der Waals surface area (Å²) in [6, 6.07) is 0. The summed E-state index contributed by atoms with van der Waals surface area (Å²) in [4.78, 5) is 87.3. The molecule has 0 saturated carbocycles. The van der Waals surface area contributed by atoms with Crippen molar-refractivity contribution in [1.82, 2.24) is 57.9 Å². The van der Waals surface area contributed by atoms with E-state index in [-0.39, 0.29) is 28.3 Å². The average molecular weight is 891 g/mol. The molecule has 0 fully saturated rings. The second-order valence-electron chi connectivity index (χ2n) is 16.0. The first-order valence-corrected chi connectivity index (χ1v) is 20.2. The summed E-state index contributed by atoms with van der Waals surface area (Å²) in [5.74, 6) is 2.98. The first-order valence-electron chi connectivity index (χ1n) is 20.2. The van der Waals surface area contributed by atoms with E-state index in [1.807, 2.05) is 110 Å². The molecule has 0 radical (unpaired) electrons. The van der Waals surface area contributed by atoms with Crippen LogP contribution in [-0.2, 0) is 35.2 Å². The van der Waals surface area contributed by atoms with Crippen molar-refractivity contribution in [3.05, 3.63) is 109 Å². The second-order valence-corrected chi connectivity index (χ2v) is 16.0. The van der Waals surface area contributed by atoms with Gasteiger partial charge in [0.05, 0.1) is 6.34 Å². The predicted octanol–water partition coefficient (Wildman–Crippen LogP) is 1.80. The molecule has 0 aromatic carbocycles. The molecule has 64 heavy (non-hydrogen) atoms. The van der Waals surface area contributed by atoms with Crippen LogP contribution in [0.5, 0.6) is 0 Å². The Labute approximate surface area is 376 Å². The van der Waals surface area contributed by atoms with Gasteiger partial charge in [0, 0.05) is 125 Å². The molecule has 5 aromatic rings. The van der Waals surface area contributed by atoms with Gasteiger partial charge in [0.1, 0.15) is 17.3 Å². The molecular weight excluding hydrogens is 821 g/mol. The fraction of sp³-hybridized carbons (Fsp3) is 0.535. The van der Waals surface area contributed by atoms with E-state index in [0.717, 1.165) is 50.8 Å². The summed E-state index contributed by atoms with van der Waals surface area (Å²) < 4.78 is 7.42. The van der Waals surface area contributed by atoms with Gasteiger partial charge in [-0.1, -0.05) is 0 Å². The lowest BCUT2D eigenvalue weighted by Crippen LogP contribution is -2.27. The highest BCUT2D eigenvalue weighted by Gasteiger charge is 2.11. The van der Waals surface area contributed by atoms with Crippen molar-refractivity contribution in [3.8, 4) is 0 Å². The Bertz CT molecular complexity index is 2720. The first kappa shape index (κ1) is 55.2. The zero-order valence-corrected chi connectivity index (χ0v) is 42.3. The van der Waals surface area contributed by atoms with Crippen LogP contribution in [-0.4, -0.2) is 121 Å². The van der Waals surface area contributed by atoms with E-state index in [0.29, 0.717) is 23.4 Å². The summed E-state index contributed by atoms with van der Waals surface area (Å²) >= 11 is 0. The molecule has 5 aromatic heterocycles. The van der Waals surface area contributed by atoms with E-state index in [9.17, 15) is 24.0 Å². The minimum Gasteiger partial charge on any atom is -0.369 e. The Balaban J connectivity index is 0.000000401. The largest absolute Gasteiger partial charge is 0.369 e. The number of hydrogen-bond donors (Lipinski definition) is 0. The Hall–Kier alpha value is -6.80. The number of anilines is 3. The van der Waals surface area contributed by atoms with Gasteiger partial charge in [0.15, 0.2) is 11.6 Å². The van der Waals surface area contributed by atoms with Crippen LogP contribution in [0.2, 0.25) is 0 Å². The SMILES string of the molecule is Cc1c(C)c(C)n(C)c(=O)c1C.Cc1c(N(C)C)nc(=O)n(C)c1C.Cc1c(N=CN(C)C)nc(=O)n(C)c1C.Cc1nc(N(C)C)nc(=O)n1C.Cc1nn(C)c(=O)nc1N(C)C. The van der Waals surface area contributed by atoms with Crippen LogP contribution in [0.15, 0.2) is 29.0 Å². The molecule has 0 unspecified atom stereocenters. The number of aromatic nitrogens is 11. The van der Waals surface area contributed by atoms with Gasteiger partial charge in [-0.2, -0.15) is 30.0 Å². The van der Waals surface area contributed by atoms with Crippen LogP contribution >= 0.6 is 0 Å². The predicted molar refractivity (Wildman–Crippen MR) is 257 cm³/mol. The summed E-state index contributed by atoms with van der Waals surface area (Å²) in [6.07, 6.45) is 1.63. The van der Waals surface area contributed by atoms with Crippen LogP contribution in [0, 0.1) is 69.2 Å². The minimum atomic E-state index is -0.329. The summed E-state index contributed by atoms with van der Waals surface area (Å²) in [6.45, 7) is 19.2. The standard InChI is InChI=1S/C10H16N4O.C10H15NO.C9H15N3O.2C7H12N4O/c1-7-8(2)14(5)10(15)12-9(7)11-6-13(3)4;1-6-7(2)9(4)11(5)10(12)8(6)3;1-6-7(2)12(5)9(13)10-8(6)11(3)4;1-5-8-6(10(2)3)9-7(12)11(5)4;1-5-6(10(2)3)8-7(12)11(4)9-5/h6H,1-5H3;1-5H3;1-5H3;2*1-4H3. The van der Waals surface area contributed by atoms with E-state index in [1.165, 1.54) is 19.4 Å². The van der Waals surface area contributed by atoms with E-state index in [2.05, 4.69) is 41.9 Å². The quantitative estimate of drug-likeness (QED) is 0.182. The Kier molecular flexibility index (Phi) is 20.4. The second kappa shape index (κ2) is 23.6. The molecule has 0 aliphatic rings. The zero-order valence-electron chi connectivity index (χ0n) is 42.3. The molecule has 0 aliphatic carbocycles. The minimum absolute atomic E-state index is 0.121. The van der Waals surface area contributed by atoms with Crippen molar-refractivity contribution in [3.63, 3.8) is 0 Å². The van der Waals surface area contributed by atoms with E-state index < -0.39 is 0 Å². The van der Waals surface area contributed by atoms with Gasteiger partial charge in [-0.3, -0.25) is 18.5 Å². The van der Waals surface area contributed by atoms with Gasteiger partial charge >= 0.3 is 22.8 Å². The van der Waals surface area contributed by atoms with Crippen LogP contribution in [0.1, 0.15) is 56.4 Å². The molecular formula is C43H70N16O5. The molecule has 0 N–H and O–H groups in total. The molecule has 5 heterocycles. The van der Waals surface area contributed by atoms with Crippen LogP contribution < -0.4 is 43.0 Å². The molecule has 21 heteroatoms. The fourth-order valence-corrected chi connectivity index (χ4v) is 5.44. The third-order valence-electron chi connectivity index (χ3n) is 10.5. The van der Waals surface area contributed by atoms with Crippen LogP contribution in [0.25, 0.3) is 0 Å². The molecule has 21 nitrogen and oxygen atoms in total. The number of aryl methyl sites for hydroxylation is 3. The van der Waals surface area contributed by atoms with Crippen molar-refractivity contribution in [2.75, 3.05) is 71.1 Å². The Morgan fingerprint density at radius 3 is 1.38 bits per heavy atom. The van der Waals surface area contributed by atoms with E-state index >= 15 is 0 Å². The topological polar surface area (TPSA) is 213 Å². The normalized spacial score (nSPS) is 10.4. The Morgan fingerprint density at radius 2 is 0.906 bits per heavy atom. The number of rotatable bonds is 5. The van der Waals surface area contributed by atoms with E-state index in [4.69, 9.17) is 0 Å². The molecule has 0 amide bonds. The van der Waals surface area contributed by atoms with Crippen molar-refractivity contribution in [2.24, 2.45) is 40.2 Å². The van der Waals surface area contributed by atoms with Crippen molar-refractivity contribution >= 4 is 29.7 Å². The molecule has 352 valence electrons. The lowest BCUT2D eigenvalue weighted by atomic mass is 10.0. The third kappa shape index (κ3) is 14.4. The van der Waals surface area contributed by atoms with Gasteiger partial charge < -0.3 is 24.2 Å². The number of hydrogen-bond acceptors (Lipinski definition) is 15. The van der Waals surface area contributed by atoms with Gasteiger partial charge in [-0.15, -0.1) is 0 Å². The lowest BCUT2D eigenvalue weighted by molar-refractivity contribution is 0.642. The van der Waals surface area contributed by atoms with Gasteiger partial charge in [-0.05, 0) is 80.4 Å². The van der Waals surface area contributed by atoms with Crippen molar-refractivity contribution in [1.29, 1.82) is 0 Å². The molecule has 0 saturated heterocycles. The average Bonchev–Trinajstić information content (AvgIpc) is 3.22.